The van der Waals surface area contributed by atoms with E-state index in [2.05, 4.69) is 41.5 Å². The van der Waals surface area contributed by atoms with Gasteiger partial charge >= 0.3 is 0 Å². The predicted molar refractivity (Wildman–Crippen MR) is 78.9 cm³/mol. The van der Waals surface area contributed by atoms with Crippen LogP contribution in [0.25, 0.3) is 0 Å². The minimum Gasteiger partial charge on any atom is -0.381 e. The largest absolute Gasteiger partial charge is 0.381 e. The normalized spacial score (nSPS) is 12.7. The highest BCUT2D eigenvalue weighted by Gasteiger charge is 2.31. The minimum atomic E-state index is 0.213. The van der Waals surface area contributed by atoms with Crippen LogP contribution in [-0.2, 0) is 9.47 Å². The Morgan fingerprint density at radius 2 is 1.33 bits per heavy atom. The third-order valence-corrected chi connectivity index (χ3v) is 3.32. The van der Waals surface area contributed by atoms with Crippen molar-refractivity contribution in [3.63, 3.8) is 0 Å². The SMILES string of the molecule is CCOCC(CCC(C)C)(COCC)CC(C)C. The second-order valence-corrected chi connectivity index (χ2v) is 6.30. The summed E-state index contributed by atoms with van der Waals surface area (Å²) in [6.45, 7) is 16.6. The molecule has 2 heteroatoms. The van der Waals surface area contributed by atoms with Crippen LogP contribution in [0.5, 0.6) is 0 Å². The summed E-state index contributed by atoms with van der Waals surface area (Å²) < 4.78 is 11.5. The van der Waals surface area contributed by atoms with Gasteiger partial charge in [0.05, 0.1) is 13.2 Å². The van der Waals surface area contributed by atoms with E-state index in [-0.39, 0.29) is 5.41 Å². The van der Waals surface area contributed by atoms with Gasteiger partial charge < -0.3 is 9.47 Å². The highest BCUT2D eigenvalue weighted by atomic mass is 16.5. The zero-order valence-electron chi connectivity index (χ0n) is 13.4. The van der Waals surface area contributed by atoms with Crippen LogP contribution in [-0.4, -0.2) is 26.4 Å². The lowest BCUT2D eigenvalue weighted by Crippen LogP contribution is -2.34. The highest BCUT2D eigenvalue weighted by Crippen LogP contribution is 2.34. The standard InChI is InChI=1S/C16H34O2/c1-7-17-12-16(11-15(5)6,13-18-8-2)10-9-14(3)4/h14-15H,7-13H2,1-6H3. The molecule has 0 aromatic carbocycles. The molecule has 0 saturated carbocycles. The molecule has 0 aliphatic carbocycles. The van der Waals surface area contributed by atoms with E-state index in [1.165, 1.54) is 19.3 Å². The van der Waals surface area contributed by atoms with Gasteiger partial charge in [0.25, 0.3) is 0 Å². The summed E-state index contributed by atoms with van der Waals surface area (Å²) in [5.41, 5.74) is 0.213. The van der Waals surface area contributed by atoms with Crippen molar-refractivity contribution in [3.8, 4) is 0 Å². The molecule has 0 bridgehead atoms. The zero-order valence-corrected chi connectivity index (χ0v) is 13.4. The number of ether oxygens (including phenoxy) is 2. The van der Waals surface area contributed by atoms with Crippen molar-refractivity contribution in [1.82, 2.24) is 0 Å². The van der Waals surface area contributed by atoms with Crippen LogP contribution in [0, 0.1) is 17.3 Å². The topological polar surface area (TPSA) is 18.5 Å². The lowest BCUT2D eigenvalue weighted by Gasteiger charge is -2.35. The maximum atomic E-state index is 5.75. The summed E-state index contributed by atoms with van der Waals surface area (Å²) in [4.78, 5) is 0. The maximum absolute atomic E-state index is 5.75. The van der Waals surface area contributed by atoms with Crippen LogP contribution in [0.2, 0.25) is 0 Å². The van der Waals surface area contributed by atoms with E-state index < -0.39 is 0 Å². The van der Waals surface area contributed by atoms with E-state index in [0.717, 1.165) is 32.3 Å². The number of hydrogen-bond donors (Lipinski definition) is 0. The van der Waals surface area contributed by atoms with Crippen molar-refractivity contribution in [1.29, 1.82) is 0 Å². The fourth-order valence-electron chi connectivity index (χ4n) is 2.50. The van der Waals surface area contributed by atoms with Gasteiger partial charge in [0.1, 0.15) is 0 Å². The monoisotopic (exact) mass is 258 g/mol. The predicted octanol–water partition coefficient (Wildman–Crippen LogP) is 4.53. The summed E-state index contributed by atoms with van der Waals surface area (Å²) in [5.74, 6) is 1.44. The molecule has 0 spiro atoms. The molecule has 0 aromatic heterocycles. The van der Waals surface area contributed by atoms with Crippen LogP contribution in [0.3, 0.4) is 0 Å². The number of hydrogen-bond acceptors (Lipinski definition) is 2. The Morgan fingerprint density at radius 1 is 0.833 bits per heavy atom. The van der Waals surface area contributed by atoms with Gasteiger partial charge in [0, 0.05) is 18.6 Å². The van der Waals surface area contributed by atoms with Gasteiger partial charge in [-0.2, -0.15) is 0 Å². The Kier molecular flexibility index (Phi) is 9.76. The first-order valence-corrected chi connectivity index (χ1v) is 7.61. The first-order chi connectivity index (χ1) is 8.45. The quantitative estimate of drug-likeness (QED) is 0.542. The van der Waals surface area contributed by atoms with Gasteiger partial charge in [-0.05, 0) is 38.5 Å². The van der Waals surface area contributed by atoms with Gasteiger partial charge in [-0.3, -0.25) is 0 Å². The molecular formula is C16H34O2. The Labute approximate surface area is 114 Å². The van der Waals surface area contributed by atoms with Gasteiger partial charge in [-0.1, -0.05) is 34.1 Å². The molecule has 0 rings (SSSR count). The molecule has 0 radical (unpaired) electrons. The summed E-state index contributed by atoms with van der Waals surface area (Å²) >= 11 is 0. The van der Waals surface area contributed by atoms with Crippen molar-refractivity contribution >= 4 is 0 Å². The summed E-state index contributed by atoms with van der Waals surface area (Å²) in [5, 5.41) is 0. The third-order valence-electron chi connectivity index (χ3n) is 3.32. The zero-order chi connectivity index (χ0) is 14.0. The molecule has 0 saturated heterocycles. The van der Waals surface area contributed by atoms with Crippen LogP contribution in [0.4, 0.5) is 0 Å². The van der Waals surface area contributed by atoms with E-state index in [4.69, 9.17) is 9.47 Å². The molecule has 110 valence electrons. The van der Waals surface area contributed by atoms with Crippen molar-refractivity contribution in [2.24, 2.45) is 17.3 Å². The first-order valence-electron chi connectivity index (χ1n) is 7.61. The molecule has 0 fully saturated rings. The van der Waals surface area contributed by atoms with E-state index in [9.17, 15) is 0 Å². The van der Waals surface area contributed by atoms with Gasteiger partial charge in [-0.25, -0.2) is 0 Å². The van der Waals surface area contributed by atoms with Crippen molar-refractivity contribution in [2.75, 3.05) is 26.4 Å². The van der Waals surface area contributed by atoms with Crippen molar-refractivity contribution < 1.29 is 9.47 Å². The molecule has 0 N–H and O–H groups in total. The lowest BCUT2D eigenvalue weighted by atomic mass is 9.76. The Bertz CT molecular complexity index is 180. The van der Waals surface area contributed by atoms with Gasteiger partial charge in [0.2, 0.25) is 0 Å². The first kappa shape index (κ1) is 17.9. The van der Waals surface area contributed by atoms with E-state index >= 15 is 0 Å². The molecule has 0 heterocycles. The molecule has 18 heavy (non-hydrogen) atoms. The molecule has 0 aromatic rings. The molecule has 0 aliphatic heterocycles. The Balaban J connectivity index is 4.62. The van der Waals surface area contributed by atoms with Crippen LogP contribution in [0.1, 0.15) is 60.8 Å². The van der Waals surface area contributed by atoms with E-state index in [1.807, 2.05) is 0 Å². The Hall–Kier alpha value is -0.0800. The lowest BCUT2D eigenvalue weighted by molar-refractivity contribution is -0.0353. The third kappa shape index (κ3) is 8.10. The second kappa shape index (κ2) is 9.80. The fourth-order valence-corrected chi connectivity index (χ4v) is 2.50. The van der Waals surface area contributed by atoms with E-state index in [0.29, 0.717) is 5.92 Å². The maximum Gasteiger partial charge on any atom is 0.0544 e. The Morgan fingerprint density at radius 3 is 1.67 bits per heavy atom. The number of rotatable bonds is 11. The van der Waals surface area contributed by atoms with Crippen molar-refractivity contribution in [3.05, 3.63) is 0 Å². The average molecular weight is 258 g/mol. The summed E-state index contributed by atoms with van der Waals surface area (Å²) in [7, 11) is 0. The summed E-state index contributed by atoms with van der Waals surface area (Å²) in [6.07, 6.45) is 3.66. The van der Waals surface area contributed by atoms with Crippen LogP contribution >= 0.6 is 0 Å². The van der Waals surface area contributed by atoms with Crippen molar-refractivity contribution in [2.45, 2.75) is 60.8 Å². The molecule has 2 nitrogen and oxygen atoms in total. The molecule has 0 unspecified atom stereocenters. The average Bonchev–Trinajstić information content (AvgIpc) is 2.30. The fraction of sp³-hybridized carbons (Fsp3) is 1.00. The molecule has 0 atom stereocenters. The minimum absolute atomic E-state index is 0.213. The molecule has 0 amide bonds. The van der Waals surface area contributed by atoms with Crippen LogP contribution in [0.15, 0.2) is 0 Å². The van der Waals surface area contributed by atoms with Gasteiger partial charge in [0.15, 0.2) is 0 Å². The van der Waals surface area contributed by atoms with Gasteiger partial charge in [-0.15, -0.1) is 0 Å². The molecular weight excluding hydrogens is 224 g/mol. The molecule has 0 aliphatic rings. The summed E-state index contributed by atoms with van der Waals surface area (Å²) in [6, 6.07) is 0. The highest BCUT2D eigenvalue weighted by molar-refractivity contribution is 4.81. The van der Waals surface area contributed by atoms with Crippen LogP contribution < -0.4 is 0 Å². The second-order valence-electron chi connectivity index (χ2n) is 6.30. The smallest absolute Gasteiger partial charge is 0.0544 e. The van der Waals surface area contributed by atoms with E-state index in [1.54, 1.807) is 0 Å².